The van der Waals surface area contributed by atoms with E-state index in [-0.39, 0.29) is 5.91 Å². The highest BCUT2D eigenvalue weighted by Gasteiger charge is 2.06. The zero-order valence-electron chi connectivity index (χ0n) is 9.48. The van der Waals surface area contributed by atoms with Gasteiger partial charge < -0.3 is 11.1 Å². The van der Waals surface area contributed by atoms with Crippen molar-refractivity contribution >= 4 is 17.7 Å². The minimum absolute atomic E-state index is 0.0306. The number of carbonyl (C=O) groups excluding carboxylic acids is 1. The fourth-order valence-corrected chi connectivity index (χ4v) is 2.20. The van der Waals surface area contributed by atoms with Gasteiger partial charge in [0.05, 0.1) is 0 Å². The molecule has 0 heterocycles. The summed E-state index contributed by atoms with van der Waals surface area (Å²) >= 11 is 1.76. The van der Waals surface area contributed by atoms with E-state index in [1.807, 2.05) is 18.2 Å². The molecule has 1 rings (SSSR count). The van der Waals surface area contributed by atoms with Crippen LogP contribution in [0, 0.1) is 0 Å². The molecule has 0 aliphatic carbocycles. The molecule has 1 atom stereocenters. The largest absolute Gasteiger partial charge is 0.355 e. The average Bonchev–Trinajstić information content (AvgIpc) is 2.28. The van der Waals surface area contributed by atoms with Crippen molar-refractivity contribution in [3.05, 3.63) is 30.3 Å². The van der Waals surface area contributed by atoms with E-state index in [1.54, 1.807) is 11.8 Å². The minimum atomic E-state index is 0.0306. The Bertz CT molecular complexity index is 316. The Morgan fingerprint density at radius 2 is 2.12 bits per heavy atom. The lowest BCUT2D eigenvalue weighted by Crippen LogP contribution is -2.30. The number of amides is 1. The molecular weight excluding hydrogens is 220 g/mol. The zero-order valence-corrected chi connectivity index (χ0v) is 10.3. The van der Waals surface area contributed by atoms with Gasteiger partial charge in [-0.2, -0.15) is 0 Å². The molecule has 0 bridgehead atoms. The molecule has 4 heteroatoms. The summed E-state index contributed by atoms with van der Waals surface area (Å²) in [5.41, 5.74) is 5.29. The van der Waals surface area contributed by atoms with Gasteiger partial charge in [-0.15, -0.1) is 11.8 Å². The normalized spacial score (nSPS) is 12.1. The predicted molar refractivity (Wildman–Crippen MR) is 68.4 cm³/mol. The van der Waals surface area contributed by atoms with Crippen LogP contribution < -0.4 is 11.1 Å². The molecule has 1 aromatic carbocycles. The van der Waals surface area contributed by atoms with Crippen molar-refractivity contribution in [3.8, 4) is 0 Å². The third-order valence-electron chi connectivity index (χ3n) is 2.04. The van der Waals surface area contributed by atoms with E-state index in [4.69, 9.17) is 5.73 Å². The Labute approximate surface area is 101 Å². The number of hydrogen-bond donors (Lipinski definition) is 2. The van der Waals surface area contributed by atoms with Gasteiger partial charge in [0, 0.05) is 29.7 Å². The number of carbonyl (C=O) groups is 1. The Kier molecular flexibility index (Phi) is 5.96. The number of hydrogen-bond acceptors (Lipinski definition) is 3. The molecular formula is C12H18N2OS. The molecule has 1 amide bonds. The van der Waals surface area contributed by atoms with Crippen LogP contribution in [0.2, 0.25) is 0 Å². The van der Waals surface area contributed by atoms with Gasteiger partial charge >= 0.3 is 0 Å². The van der Waals surface area contributed by atoms with E-state index in [2.05, 4.69) is 24.4 Å². The van der Waals surface area contributed by atoms with E-state index in [0.717, 1.165) is 0 Å². The van der Waals surface area contributed by atoms with Crippen LogP contribution in [0.4, 0.5) is 0 Å². The Morgan fingerprint density at radius 1 is 1.44 bits per heavy atom. The average molecular weight is 238 g/mol. The first-order valence-corrected chi connectivity index (χ1v) is 6.29. The van der Waals surface area contributed by atoms with Crippen LogP contribution in [0.1, 0.15) is 13.3 Å². The number of benzene rings is 1. The van der Waals surface area contributed by atoms with Crippen LogP contribution in [-0.2, 0) is 4.79 Å². The second-order valence-electron chi connectivity index (χ2n) is 3.58. The summed E-state index contributed by atoms with van der Waals surface area (Å²) in [7, 11) is 0. The third-order valence-corrected chi connectivity index (χ3v) is 3.15. The van der Waals surface area contributed by atoms with Gasteiger partial charge in [-0.3, -0.25) is 4.79 Å². The molecule has 88 valence electrons. The zero-order chi connectivity index (χ0) is 11.8. The molecule has 0 spiro atoms. The SMILES string of the molecule is CC(CNC(=O)CCN)Sc1ccccc1. The molecule has 0 aromatic heterocycles. The van der Waals surface area contributed by atoms with Crippen LogP contribution in [0.5, 0.6) is 0 Å². The highest BCUT2D eigenvalue weighted by atomic mass is 32.2. The van der Waals surface area contributed by atoms with Gasteiger partial charge in [0.2, 0.25) is 5.91 Å². The Morgan fingerprint density at radius 3 is 2.75 bits per heavy atom. The van der Waals surface area contributed by atoms with Gasteiger partial charge in [0.25, 0.3) is 0 Å². The van der Waals surface area contributed by atoms with Crippen molar-refractivity contribution < 1.29 is 4.79 Å². The summed E-state index contributed by atoms with van der Waals surface area (Å²) in [6, 6.07) is 10.2. The maximum absolute atomic E-state index is 11.2. The van der Waals surface area contributed by atoms with Crippen molar-refractivity contribution in [1.29, 1.82) is 0 Å². The van der Waals surface area contributed by atoms with Gasteiger partial charge in [-0.1, -0.05) is 25.1 Å². The summed E-state index contributed by atoms with van der Waals surface area (Å²) in [4.78, 5) is 12.4. The van der Waals surface area contributed by atoms with Crippen LogP contribution in [-0.4, -0.2) is 24.2 Å². The molecule has 0 aliphatic heterocycles. The Hall–Kier alpha value is -1.00. The summed E-state index contributed by atoms with van der Waals surface area (Å²) in [5, 5.41) is 3.23. The first-order valence-electron chi connectivity index (χ1n) is 5.41. The molecule has 1 unspecified atom stereocenters. The van der Waals surface area contributed by atoms with Crippen LogP contribution in [0.3, 0.4) is 0 Å². The standard InChI is InChI=1S/C12H18N2OS/c1-10(9-14-12(15)7-8-13)16-11-5-3-2-4-6-11/h2-6,10H,7-9,13H2,1H3,(H,14,15). The summed E-state index contributed by atoms with van der Waals surface area (Å²) in [5.74, 6) is 0.0306. The lowest BCUT2D eigenvalue weighted by Gasteiger charge is -2.12. The van der Waals surface area contributed by atoms with Crippen LogP contribution >= 0.6 is 11.8 Å². The molecule has 0 saturated heterocycles. The molecule has 3 N–H and O–H groups in total. The number of rotatable bonds is 6. The first-order chi connectivity index (χ1) is 7.72. The van der Waals surface area contributed by atoms with Crippen LogP contribution in [0.25, 0.3) is 0 Å². The predicted octanol–water partition coefficient (Wildman–Crippen LogP) is 1.63. The van der Waals surface area contributed by atoms with Gasteiger partial charge in [0.15, 0.2) is 0 Å². The first kappa shape index (κ1) is 13.1. The van der Waals surface area contributed by atoms with Crippen molar-refractivity contribution in [2.24, 2.45) is 5.73 Å². The topological polar surface area (TPSA) is 55.1 Å². The molecule has 0 saturated carbocycles. The van der Waals surface area contributed by atoms with E-state index in [0.29, 0.717) is 24.8 Å². The number of thioether (sulfide) groups is 1. The van der Waals surface area contributed by atoms with Gasteiger partial charge in [-0.05, 0) is 12.1 Å². The van der Waals surface area contributed by atoms with Gasteiger partial charge in [-0.25, -0.2) is 0 Å². The molecule has 3 nitrogen and oxygen atoms in total. The van der Waals surface area contributed by atoms with Crippen molar-refractivity contribution in [1.82, 2.24) is 5.32 Å². The van der Waals surface area contributed by atoms with E-state index < -0.39 is 0 Å². The van der Waals surface area contributed by atoms with E-state index in [9.17, 15) is 4.79 Å². The summed E-state index contributed by atoms with van der Waals surface area (Å²) < 4.78 is 0. The van der Waals surface area contributed by atoms with Gasteiger partial charge in [0.1, 0.15) is 0 Å². The fraction of sp³-hybridized carbons (Fsp3) is 0.417. The van der Waals surface area contributed by atoms with Crippen LogP contribution in [0.15, 0.2) is 35.2 Å². The molecule has 0 fully saturated rings. The second kappa shape index (κ2) is 7.30. The fourth-order valence-electron chi connectivity index (χ4n) is 1.25. The van der Waals surface area contributed by atoms with E-state index in [1.165, 1.54) is 4.90 Å². The molecule has 0 aliphatic rings. The smallest absolute Gasteiger partial charge is 0.221 e. The summed E-state index contributed by atoms with van der Waals surface area (Å²) in [6.45, 7) is 3.19. The maximum atomic E-state index is 11.2. The quantitative estimate of drug-likeness (QED) is 0.741. The minimum Gasteiger partial charge on any atom is -0.355 e. The highest BCUT2D eigenvalue weighted by Crippen LogP contribution is 2.21. The lowest BCUT2D eigenvalue weighted by molar-refractivity contribution is -0.120. The number of nitrogens with two attached hydrogens (primary N) is 1. The lowest BCUT2D eigenvalue weighted by atomic mass is 10.4. The Balaban J connectivity index is 2.26. The van der Waals surface area contributed by atoms with Crippen molar-refractivity contribution in [2.75, 3.05) is 13.1 Å². The maximum Gasteiger partial charge on any atom is 0.221 e. The third kappa shape index (κ3) is 5.19. The monoisotopic (exact) mass is 238 g/mol. The highest BCUT2D eigenvalue weighted by molar-refractivity contribution is 8.00. The van der Waals surface area contributed by atoms with Crippen molar-refractivity contribution in [2.45, 2.75) is 23.5 Å². The molecule has 0 radical (unpaired) electrons. The van der Waals surface area contributed by atoms with Crippen molar-refractivity contribution in [3.63, 3.8) is 0 Å². The molecule has 16 heavy (non-hydrogen) atoms. The number of nitrogens with one attached hydrogen (secondary N) is 1. The summed E-state index contributed by atoms with van der Waals surface area (Å²) in [6.07, 6.45) is 0.405. The molecule has 1 aromatic rings. The second-order valence-corrected chi connectivity index (χ2v) is 5.10. The van der Waals surface area contributed by atoms with E-state index >= 15 is 0 Å².